The molecule has 3 aromatic rings. The van der Waals surface area contributed by atoms with Crippen LogP contribution in [0.4, 0.5) is 11.6 Å². The monoisotopic (exact) mass is 651 g/mol. The second-order valence-corrected chi connectivity index (χ2v) is 12.6. The number of piperazine rings is 1. The molecule has 13 heteroatoms. The Bertz CT molecular complexity index is 1510. The summed E-state index contributed by atoms with van der Waals surface area (Å²) < 4.78 is 11.1. The molecular formula is C33H42ClN7O5. The van der Waals surface area contributed by atoms with E-state index in [1.165, 1.54) is 12.8 Å². The van der Waals surface area contributed by atoms with Gasteiger partial charge in [-0.05, 0) is 55.0 Å². The summed E-state index contributed by atoms with van der Waals surface area (Å²) in [4.78, 5) is 40.4. The third-order valence-electron chi connectivity index (χ3n) is 8.99. The molecular weight excluding hydrogens is 610 g/mol. The molecule has 1 saturated heterocycles. The highest BCUT2D eigenvalue weighted by Crippen LogP contribution is 2.34. The highest BCUT2D eigenvalue weighted by molar-refractivity contribution is 6.33. The molecule has 6 rings (SSSR count). The molecule has 0 spiro atoms. The Morgan fingerprint density at radius 3 is 2.72 bits per heavy atom. The molecule has 0 bridgehead atoms. The fourth-order valence-corrected chi connectivity index (χ4v) is 6.44. The number of carbonyl (C=O) groups is 2. The minimum absolute atomic E-state index is 0.123. The number of carbonyl (C=O) groups excluding carboxylic acids is 2. The fraction of sp³-hybridized carbons (Fsp3) is 0.515. The van der Waals surface area contributed by atoms with E-state index in [0.717, 1.165) is 42.8 Å². The number of ether oxygens (including phenoxy) is 1. The van der Waals surface area contributed by atoms with E-state index in [-0.39, 0.29) is 25.0 Å². The van der Waals surface area contributed by atoms with Gasteiger partial charge >= 0.3 is 0 Å². The molecule has 1 aliphatic carbocycles. The molecule has 1 atom stereocenters. The third-order valence-corrected chi connectivity index (χ3v) is 9.40. The van der Waals surface area contributed by atoms with Gasteiger partial charge in [0.25, 0.3) is 5.91 Å². The third kappa shape index (κ3) is 7.73. The molecule has 2 fully saturated rings. The molecule has 246 valence electrons. The van der Waals surface area contributed by atoms with E-state index in [4.69, 9.17) is 25.7 Å². The summed E-state index contributed by atoms with van der Waals surface area (Å²) in [5.74, 6) is 2.52. The molecule has 2 amide bonds. The number of nitrogens with zero attached hydrogens (tertiary/aromatic N) is 5. The van der Waals surface area contributed by atoms with E-state index in [1.807, 2.05) is 24.0 Å². The van der Waals surface area contributed by atoms with Crippen LogP contribution in [0.25, 0.3) is 0 Å². The van der Waals surface area contributed by atoms with Crippen LogP contribution in [0.1, 0.15) is 59.9 Å². The number of fused-ring (bicyclic) bond motifs is 1. The van der Waals surface area contributed by atoms with Gasteiger partial charge in [0.05, 0.1) is 17.3 Å². The van der Waals surface area contributed by atoms with Crippen LogP contribution in [-0.2, 0) is 24.4 Å². The Morgan fingerprint density at radius 2 is 2.00 bits per heavy atom. The molecule has 2 aromatic heterocycles. The van der Waals surface area contributed by atoms with Crippen molar-refractivity contribution in [3.8, 4) is 5.75 Å². The molecule has 1 unspecified atom stereocenters. The Labute approximate surface area is 274 Å². The molecule has 3 aliphatic rings. The van der Waals surface area contributed by atoms with Crippen molar-refractivity contribution in [2.75, 3.05) is 56.0 Å². The van der Waals surface area contributed by atoms with Crippen molar-refractivity contribution in [1.82, 2.24) is 25.1 Å². The lowest BCUT2D eigenvalue weighted by Crippen LogP contribution is -2.49. The molecule has 1 aromatic carbocycles. The summed E-state index contributed by atoms with van der Waals surface area (Å²) in [6.45, 7) is 6.62. The average molecular weight is 652 g/mol. The lowest BCUT2D eigenvalue weighted by atomic mass is 9.93. The topological polar surface area (TPSA) is 136 Å². The zero-order valence-electron chi connectivity index (χ0n) is 26.2. The van der Waals surface area contributed by atoms with Gasteiger partial charge in [-0.25, -0.2) is 9.97 Å². The smallest absolute Gasteiger partial charge is 0.251 e. The molecule has 12 nitrogen and oxygen atoms in total. The van der Waals surface area contributed by atoms with Crippen LogP contribution >= 0.6 is 11.6 Å². The average Bonchev–Trinajstić information content (AvgIpc) is 3.58. The van der Waals surface area contributed by atoms with E-state index in [1.54, 1.807) is 18.3 Å². The van der Waals surface area contributed by atoms with Crippen molar-refractivity contribution in [3.05, 3.63) is 64.3 Å². The largest absolute Gasteiger partial charge is 0.484 e. The van der Waals surface area contributed by atoms with Crippen molar-refractivity contribution >= 4 is 35.1 Å². The molecule has 1 saturated carbocycles. The highest BCUT2D eigenvalue weighted by Gasteiger charge is 2.25. The standard InChI is InChI=1S/C33H42ClN7O5/c1-2-31(43)41-12-10-40(11-13-41)30-15-23(14-29(38-30)37-24-4-3-5-24)33(44)36-16-25(42)19-39-9-8-27-22(18-39)6-7-28(32(27)34)45-20-26-17-35-21-46-26/h6-7,14-15,17,21,24-25,42H,2-5,8-13,16,18-20H2,1H3,(H,36,44)(H,37,38). The van der Waals surface area contributed by atoms with Crippen LogP contribution in [0.15, 0.2) is 41.3 Å². The van der Waals surface area contributed by atoms with Crippen molar-refractivity contribution < 1.29 is 23.8 Å². The second-order valence-electron chi connectivity index (χ2n) is 12.2. The number of β-amino-alcohol motifs (C(OH)–C–C–N with tert-alkyl or cyclic N) is 1. The number of nitrogens with one attached hydrogen (secondary N) is 2. The van der Waals surface area contributed by atoms with Crippen LogP contribution in [0.3, 0.4) is 0 Å². The maximum atomic E-state index is 13.3. The summed E-state index contributed by atoms with van der Waals surface area (Å²) in [6.07, 6.45) is 6.81. The number of anilines is 2. The van der Waals surface area contributed by atoms with E-state index in [0.29, 0.717) is 79.6 Å². The number of halogens is 1. The van der Waals surface area contributed by atoms with E-state index < -0.39 is 6.10 Å². The van der Waals surface area contributed by atoms with Gasteiger partial charge in [0.1, 0.15) is 24.0 Å². The molecule has 2 aliphatic heterocycles. The summed E-state index contributed by atoms with van der Waals surface area (Å²) in [5.41, 5.74) is 2.64. The first kappa shape index (κ1) is 32.1. The number of hydrogen-bond donors (Lipinski definition) is 3. The van der Waals surface area contributed by atoms with Crippen LogP contribution in [-0.4, -0.2) is 94.6 Å². The minimum Gasteiger partial charge on any atom is -0.484 e. The number of aliphatic hydroxyl groups is 1. The maximum absolute atomic E-state index is 13.3. The van der Waals surface area contributed by atoms with Crippen molar-refractivity contribution in [3.63, 3.8) is 0 Å². The minimum atomic E-state index is -0.747. The van der Waals surface area contributed by atoms with E-state index in [2.05, 4.69) is 25.4 Å². The van der Waals surface area contributed by atoms with Crippen LogP contribution in [0.2, 0.25) is 5.02 Å². The Balaban J connectivity index is 1.03. The number of hydrogen-bond acceptors (Lipinski definition) is 10. The quantitative estimate of drug-likeness (QED) is 0.267. The number of oxazole rings is 1. The van der Waals surface area contributed by atoms with Crippen LogP contribution in [0.5, 0.6) is 5.75 Å². The van der Waals surface area contributed by atoms with Gasteiger partial charge in [0, 0.05) is 70.4 Å². The number of amides is 2. The van der Waals surface area contributed by atoms with Gasteiger partial charge in [-0.2, -0.15) is 0 Å². The zero-order valence-corrected chi connectivity index (χ0v) is 27.0. The SMILES string of the molecule is CCC(=O)N1CCN(c2cc(C(=O)NCC(O)CN3CCc4c(ccc(OCc5cnco5)c4Cl)C3)cc(NC3CCC3)n2)CC1. The van der Waals surface area contributed by atoms with Gasteiger partial charge in [-0.1, -0.05) is 24.6 Å². The zero-order chi connectivity index (χ0) is 32.0. The number of pyridine rings is 1. The molecule has 46 heavy (non-hydrogen) atoms. The van der Waals surface area contributed by atoms with Crippen LogP contribution < -0.4 is 20.3 Å². The van der Waals surface area contributed by atoms with Gasteiger partial charge in [0.15, 0.2) is 12.2 Å². The van der Waals surface area contributed by atoms with Crippen LogP contribution in [0, 0.1) is 0 Å². The first-order valence-corrected chi connectivity index (χ1v) is 16.5. The van der Waals surface area contributed by atoms with Crippen molar-refractivity contribution in [2.24, 2.45) is 0 Å². The predicted molar refractivity (Wildman–Crippen MR) is 174 cm³/mol. The van der Waals surface area contributed by atoms with Gasteiger partial charge in [-0.3, -0.25) is 14.5 Å². The molecule has 0 radical (unpaired) electrons. The number of benzene rings is 1. The Morgan fingerprint density at radius 1 is 1.17 bits per heavy atom. The van der Waals surface area contributed by atoms with Crippen molar-refractivity contribution in [2.45, 2.75) is 64.3 Å². The van der Waals surface area contributed by atoms with Gasteiger partial charge in [0.2, 0.25) is 5.91 Å². The fourth-order valence-electron chi connectivity index (χ4n) is 6.11. The summed E-state index contributed by atoms with van der Waals surface area (Å²) in [7, 11) is 0. The second kappa shape index (κ2) is 14.7. The highest BCUT2D eigenvalue weighted by atomic mass is 35.5. The first-order valence-electron chi connectivity index (χ1n) is 16.2. The lowest BCUT2D eigenvalue weighted by Gasteiger charge is -2.36. The summed E-state index contributed by atoms with van der Waals surface area (Å²) in [6, 6.07) is 7.83. The number of aromatic nitrogens is 2. The number of aliphatic hydroxyl groups excluding tert-OH is 1. The first-order chi connectivity index (χ1) is 22.4. The Hall–Kier alpha value is -3.87. The molecule has 4 heterocycles. The predicted octanol–water partition coefficient (Wildman–Crippen LogP) is 3.47. The normalized spacial score (nSPS) is 17.6. The van der Waals surface area contributed by atoms with Gasteiger partial charge in [-0.15, -0.1) is 0 Å². The summed E-state index contributed by atoms with van der Waals surface area (Å²) in [5, 5.41) is 17.9. The molecule has 3 N–H and O–H groups in total. The lowest BCUT2D eigenvalue weighted by molar-refractivity contribution is -0.131. The van der Waals surface area contributed by atoms with Gasteiger partial charge < -0.3 is 34.7 Å². The number of rotatable bonds is 12. The maximum Gasteiger partial charge on any atom is 0.251 e. The van der Waals surface area contributed by atoms with Crippen molar-refractivity contribution in [1.29, 1.82) is 0 Å². The van der Waals surface area contributed by atoms with E-state index >= 15 is 0 Å². The Kier molecular flexibility index (Phi) is 10.3. The summed E-state index contributed by atoms with van der Waals surface area (Å²) >= 11 is 6.68. The van der Waals surface area contributed by atoms with E-state index in [9.17, 15) is 14.7 Å².